The number of benzene rings is 2. The van der Waals surface area contributed by atoms with Gasteiger partial charge in [-0.2, -0.15) is 0 Å². The summed E-state index contributed by atoms with van der Waals surface area (Å²) in [6, 6.07) is 12.4. The van der Waals surface area contributed by atoms with E-state index in [1.165, 1.54) is 6.07 Å². The number of carbonyl (C=O) groups is 1. The van der Waals surface area contributed by atoms with Gasteiger partial charge < -0.3 is 18.6 Å². The molecule has 4 rings (SSSR count). The maximum Gasteiger partial charge on any atom is 0.351 e. The molecule has 6 heteroatoms. The Hall–Kier alpha value is -3.28. The third-order valence-electron chi connectivity index (χ3n) is 4.98. The molecule has 0 amide bonds. The smallest absolute Gasteiger partial charge is 0.351 e. The Morgan fingerprint density at radius 3 is 2.69 bits per heavy atom. The van der Waals surface area contributed by atoms with Crippen LogP contribution in [0.4, 0.5) is 0 Å². The van der Waals surface area contributed by atoms with E-state index in [4.69, 9.17) is 18.6 Å². The topological polar surface area (TPSA) is 75.0 Å². The standard InChI is InChI=1S/C23H22O6/c1-13(2)16-10-17-15(9-22(24)29-20(17)8-14(16)3)11-27-23(25)21-12-26-18-6-4-5-7-19(18)28-21/h4-10,13,21H,11-12H2,1-3H3/t21-/m0/s1. The molecule has 1 atom stereocenters. The SMILES string of the molecule is Cc1cc2oc(=O)cc(COC(=O)[C@@H]3COc4ccccc4O3)c2cc1C(C)C. The fourth-order valence-electron chi connectivity index (χ4n) is 3.51. The van der Waals surface area contributed by atoms with Crippen molar-refractivity contribution in [3.8, 4) is 11.5 Å². The van der Waals surface area contributed by atoms with Gasteiger partial charge in [-0.15, -0.1) is 0 Å². The lowest BCUT2D eigenvalue weighted by molar-refractivity contribution is -0.155. The van der Waals surface area contributed by atoms with Crippen molar-refractivity contribution in [3.63, 3.8) is 0 Å². The molecule has 0 saturated heterocycles. The molecule has 6 nitrogen and oxygen atoms in total. The molecule has 0 fully saturated rings. The van der Waals surface area contributed by atoms with E-state index in [-0.39, 0.29) is 13.2 Å². The molecule has 1 aliphatic heterocycles. The number of para-hydroxylation sites is 2. The summed E-state index contributed by atoms with van der Waals surface area (Å²) in [5.74, 6) is 0.870. The van der Waals surface area contributed by atoms with Gasteiger partial charge in [0.05, 0.1) is 0 Å². The third-order valence-corrected chi connectivity index (χ3v) is 4.98. The highest BCUT2D eigenvalue weighted by molar-refractivity contribution is 5.82. The number of ether oxygens (including phenoxy) is 3. The van der Waals surface area contributed by atoms with Gasteiger partial charge in [-0.25, -0.2) is 9.59 Å². The van der Waals surface area contributed by atoms with Gasteiger partial charge in [0.15, 0.2) is 11.5 Å². The number of rotatable bonds is 4. The minimum Gasteiger partial charge on any atom is -0.485 e. The Kier molecular flexibility index (Phi) is 5.01. The Balaban J connectivity index is 1.56. The quantitative estimate of drug-likeness (QED) is 0.490. The molecule has 0 bridgehead atoms. The van der Waals surface area contributed by atoms with Crippen LogP contribution in [0, 0.1) is 6.92 Å². The second kappa shape index (κ2) is 7.62. The fraction of sp³-hybridized carbons (Fsp3) is 0.304. The largest absolute Gasteiger partial charge is 0.485 e. The number of aryl methyl sites for hydroxylation is 1. The predicted molar refractivity (Wildman–Crippen MR) is 107 cm³/mol. The molecule has 29 heavy (non-hydrogen) atoms. The Morgan fingerprint density at radius 2 is 1.93 bits per heavy atom. The van der Waals surface area contributed by atoms with E-state index < -0.39 is 17.7 Å². The molecular formula is C23H22O6. The summed E-state index contributed by atoms with van der Waals surface area (Å²) < 4.78 is 22.0. The average molecular weight is 394 g/mol. The van der Waals surface area contributed by atoms with Crippen LogP contribution in [0.5, 0.6) is 11.5 Å². The lowest BCUT2D eigenvalue weighted by Crippen LogP contribution is -2.37. The first-order chi connectivity index (χ1) is 13.9. The van der Waals surface area contributed by atoms with Crippen LogP contribution >= 0.6 is 0 Å². The van der Waals surface area contributed by atoms with Crippen LogP contribution in [0.25, 0.3) is 11.0 Å². The van der Waals surface area contributed by atoms with Crippen LogP contribution in [-0.4, -0.2) is 18.7 Å². The molecule has 0 saturated carbocycles. The van der Waals surface area contributed by atoms with Crippen LogP contribution in [0.3, 0.4) is 0 Å². The summed E-state index contributed by atoms with van der Waals surface area (Å²) in [6.07, 6.45) is -0.857. The van der Waals surface area contributed by atoms with Gasteiger partial charge in [-0.05, 0) is 48.2 Å². The number of esters is 1. The first-order valence-electron chi connectivity index (χ1n) is 9.55. The zero-order valence-electron chi connectivity index (χ0n) is 16.6. The highest BCUT2D eigenvalue weighted by Crippen LogP contribution is 2.31. The molecule has 1 aromatic heterocycles. The Labute approximate surface area is 168 Å². The molecule has 1 aliphatic rings. The van der Waals surface area contributed by atoms with E-state index in [1.807, 2.05) is 25.1 Å². The molecule has 0 unspecified atom stereocenters. The number of hydrogen-bond acceptors (Lipinski definition) is 6. The minimum absolute atomic E-state index is 0.0525. The second-order valence-corrected chi connectivity index (χ2v) is 7.42. The summed E-state index contributed by atoms with van der Waals surface area (Å²) in [5.41, 5.74) is 2.81. The van der Waals surface area contributed by atoms with E-state index in [0.29, 0.717) is 28.6 Å². The van der Waals surface area contributed by atoms with Crippen molar-refractivity contribution in [2.45, 2.75) is 39.4 Å². The van der Waals surface area contributed by atoms with Gasteiger partial charge in [0.1, 0.15) is 18.8 Å². The third kappa shape index (κ3) is 3.83. The highest BCUT2D eigenvalue weighted by Gasteiger charge is 2.29. The lowest BCUT2D eigenvalue weighted by Gasteiger charge is -2.25. The highest BCUT2D eigenvalue weighted by atomic mass is 16.6. The van der Waals surface area contributed by atoms with Crippen LogP contribution in [-0.2, 0) is 16.1 Å². The van der Waals surface area contributed by atoms with Crippen LogP contribution in [0.2, 0.25) is 0 Å². The second-order valence-electron chi connectivity index (χ2n) is 7.42. The molecule has 3 aromatic rings. The first-order valence-corrected chi connectivity index (χ1v) is 9.55. The predicted octanol–water partition coefficient (Wildman–Crippen LogP) is 4.11. The lowest BCUT2D eigenvalue weighted by atomic mass is 9.95. The molecule has 0 radical (unpaired) electrons. The van der Waals surface area contributed by atoms with Crippen molar-refractivity contribution in [2.75, 3.05) is 6.61 Å². The van der Waals surface area contributed by atoms with Crippen molar-refractivity contribution >= 4 is 16.9 Å². The van der Waals surface area contributed by atoms with Crippen molar-refractivity contribution in [3.05, 3.63) is 69.6 Å². The van der Waals surface area contributed by atoms with Crippen molar-refractivity contribution < 1.29 is 23.4 Å². The molecule has 2 aromatic carbocycles. The van der Waals surface area contributed by atoms with E-state index in [0.717, 1.165) is 16.5 Å². The van der Waals surface area contributed by atoms with E-state index in [9.17, 15) is 9.59 Å². The summed E-state index contributed by atoms with van der Waals surface area (Å²) >= 11 is 0. The van der Waals surface area contributed by atoms with Gasteiger partial charge in [-0.1, -0.05) is 26.0 Å². The molecule has 0 aliphatic carbocycles. The average Bonchev–Trinajstić information content (AvgIpc) is 2.70. The Bertz CT molecular complexity index is 1130. The van der Waals surface area contributed by atoms with E-state index in [1.54, 1.807) is 18.2 Å². The van der Waals surface area contributed by atoms with Gasteiger partial charge in [-0.3, -0.25) is 0 Å². The minimum atomic E-state index is -0.857. The van der Waals surface area contributed by atoms with Gasteiger partial charge >= 0.3 is 11.6 Å². The zero-order valence-corrected chi connectivity index (χ0v) is 16.6. The molecule has 0 spiro atoms. The monoisotopic (exact) mass is 394 g/mol. The van der Waals surface area contributed by atoms with Crippen molar-refractivity contribution in [1.29, 1.82) is 0 Å². The maximum absolute atomic E-state index is 12.5. The van der Waals surface area contributed by atoms with Crippen molar-refractivity contribution in [2.24, 2.45) is 0 Å². The Morgan fingerprint density at radius 1 is 1.17 bits per heavy atom. The van der Waals surface area contributed by atoms with Crippen LogP contribution in [0.15, 0.2) is 51.7 Å². The van der Waals surface area contributed by atoms with E-state index >= 15 is 0 Å². The number of hydrogen-bond donors (Lipinski definition) is 0. The number of carbonyl (C=O) groups excluding carboxylic acids is 1. The normalized spacial score (nSPS) is 15.5. The van der Waals surface area contributed by atoms with E-state index in [2.05, 4.69) is 13.8 Å². The summed E-state index contributed by atoms with van der Waals surface area (Å²) in [4.78, 5) is 24.5. The van der Waals surface area contributed by atoms with Gasteiger partial charge in [0.25, 0.3) is 0 Å². The maximum atomic E-state index is 12.5. The summed E-state index contributed by atoms with van der Waals surface area (Å²) in [7, 11) is 0. The van der Waals surface area contributed by atoms with Gasteiger partial charge in [0, 0.05) is 17.0 Å². The first kappa shape index (κ1) is 19.1. The number of fused-ring (bicyclic) bond motifs is 2. The summed E-state index contributed by atoms with van der Waals surface area (Å²) in [6.45, 7) is 6.21. The van der Waals surface area contributed by atoms with Crippen LogP contribution in [0.1, 0.15) is 36.5 Å². The molecule has 150 valence electrons. The zero-order chi connectivity index (χ0) is 20.5. The molecule has 0 N–H and O–H groups in total. The summed E-state index contributed by atoms with van der Waals surface area (Å²) in [5, 5.41) is 0.762. The fourth-order valence-corrected chi connectivity index (χ4v) is 3.51. The van der Waals surface area contributed by atoms with Gasteiger partial charge in [0.2, 0.25) is 6.10 Å². The van der Waals surface area contributed by atoms with Crippen LogP contribution < -0.4 is 15.1 Å². The molecular weight excluding hydrogens is 372 g/mol. The van der Waals surface area contributed by atoms with Crippen molar-refractivity contribution in [1.82, 2.24) is 0 Å². The molecule has 2 heterocycles.